The third-order valence-corrected chi connectivity index (χ3v) is 7.24. The van der Waals surface area contributed by atoms with Gasteiger partial charge in [-0.1, -0.05) is 12.1 Å². The second kappa shape index (κ2) is 11.5. The predicted molar refractivity (Wildman–Crippen MR) is 155 cm³/mol. The number of rotatable bonds is 9. The summed E-state index contributed by atoms with van der Waals surface area (Å²) in [5.41, 5.74) is 1.64. The number of amides is 2. The minimum atomic E-state index is -1.69. The number of halogens is 1. The zero-order valence-electron chi connectivity index (χ0n) is 23.9. The lowest BCUT2D eigenvalue weighted by Gasteiger charge is -2.34. The number of pyridine rings is 1. The van der Waals surface area contributed by atoms with Crippen molar-refractivity contribution in [1.82, 2.24) is 24.8 Å². The number of fused-ring (bicyclic) bond motifs is 1. The lowest BCUT2D eigenvalue weighted by molar-refractivity contribution is -0.00178. The van der Waals surface area contributed by atoms with Crippen molar-refractivity contribution in [1.29, 1.82) is 5.26 Å². The molecule has 0 radical (unpaired) electrons. The van der Waals surface area contributed by atoms with Crippen molar-refractivity contribution in [3.8, 4) is 17.5 Å². The van der Waals surface area contributed by atoms with E-state index >= 15 is 0 Å². The highest BCUT2D eigenvalue weighted by molar-refractivity contribution is 6.00. The molecule has 0 spiro atoms. The van der Waals surface area contributed by atoms with E-state index in [2.05, 4.69) is 26.8 Å². The number of carbonyl (C=O) groups excluding carboxylic acids is 1. The summed E-state index contributed by atoms with van der Waals surface area (Å²) in [4.78, 5) is 30.4. The van der Waals surface area contributed by atoms with E-state index in [1.165, 1.54) is 38.2 Å². The average Bonchev–Trinajstić information content (AvgIpc) is 3.38. The van der Waals surface area contributed by atoms with Crippen LogP contribution in [0.4, 0.5) is 20.6 Å². The van der Waals surface area contributed by atoms with E-state index in [9.17, 15) is 29.5 Å². The van der Waals surface area contributed by atoms with Crippen molar-refractivity contribution in [2.45, 2.75) is 45.0 Å². The summed E-state index contributed by atoms with van der Waals surface area (Å²) >= 11 is 0. The van der Waals surface area contributed by atoms with Gasteiger partial charge in [-0.2, -0.15) is 10.4 Å². The van der Waals surface area contributed by atoms with E-state index in [4.69, 9.17) is 0 Å². The molecule has 0 aliphatic rings. The summed E-state index contributed by atoms with van der Waals surface area (Å²) in [6.07, 6.45) is 0.0604. The Balaban J connectivity index is 1.70. The first-order valence-electron chi connectivity index (χ1n) is 13.1. The molecule has 1 aromatic carbocycles. The maximum atomic E-state index is 14.4. The van der Waals surface area contributed by atoms with Crippen molar-refractivity contribution in [2.75, 3.05) is 18.9 Å². The fourth-order valence-corrected chi connectivity index (χ4v) is 4.21. The predicted octanol–water partition coefficient (Wildman–Crippen LogP) is 4.70. The van der Waals surface area contributed by atoms with E-state index in [1.54, 1.807) is 66.9 Å². The van der Waals surface area contributed by atoms with Gasteiger partial charge < -0.3 is 25.7 Å². The number of alkyl halides is 1. The Morgan fingerprint density at radius 1 is 1.12 bits per heavy atom. The third kappa shape index (κ3) is 6.16. The summed E-state index contributed by atoms with van der Waals surface area (Å²) in [5.74, 6) is -0.596. The fraction of sp³-hybridized carbons (Fsp3) is 0.300. The molecular weight excluding hydrogens is 541 g/mol. The van der Waals surface area contributed by atoms with E-state index < -0.39 is 35.9 Å². The Kier molecular flexibility index (Phi) is 8.17. The van der Waals surface area contributed by atoms with Crippen molar-refractivity contribution in [3.05, 3.63) is 77.6 Å². The van der Waals surface area contributed by atoms with E-state index in [1.807, 2.05) is 0 Å². The molecular formula is C30H32FN7O4. The lowest BCUT2D eigenvalue weighted by Crippen LogP contribution is -2.42. The van der Waals surface area contributed by atoms with E-state index in [-0.39, 0.29) is 5.56 Å². The smallest absolute Gasteiger partial charge is 0.407 e. The van der Waals surface area contributed by atoms with Gasteiger partial charge in [0, 0.05) is 18.9 Å². The van der Waals surface area contributed by atoms with Gasteiger partial charge in [0.15, 0.2) is 0 Å². The van der Waals surface area contributed by atoms with Crippen LogP contribution in [0, 0.1) is 11.3 Å². The number of carboxylic acid groups (broad SMARTS) is 1. The van der Waals surface area contributed by atoms with Crippen molar-refractivity contribution in [3.63, 3.8) is 0 Å². The minimum absolute atomic E-state index is 0.136. The Morgan fingerprint density at radius 3 is 2.43 bits per heavy atom. The number of hydrogen-bond acceptors (Lipinski definition) is 7. The Bertz CT molecular complexity index is 1670. The van der Waals surface area contributed by atoms with Crippen LogP contribution in [-0.2, 0) is 5.54 Å². The molecule has 1 atom stereocenters. The van der Waals surface area contributed by atoms with Crippen LogP contribution in [0.3, 0.4) is 0 Å². The number of nitrogens with one attached hydrogen (secondary N) is 2. The highest BCUT2D eigenvalue weighted by Gasteiger charge is 2.30. The molecule has 3 heterocycles. The molecule has 1 unspecified atom stereocenters. The lowest BCUT2D eigenvalue weighted by atomic mass is 9.93. The van der Waals surface area contributed by atoms with Crippen LogP contribution in [-0.4, -0.2) is 67.1 Å². The number of hydrogen-bond donors (Lipinski definition) is 4. The minimum Gasteiger partial charge on any atom is -0.465 e. The molecule has 4 aromatic rings. The quantitative estimate of drug-likeness (QED) is 0.225. The van der Waals surface area contributed by atoms with Gasteiger partial charge in [-0.15, -0.1) is 0 Å². The van der Waals surface area contributed by atoms with Gasteiger partial charge in [-0.3, -0.25) is 9.78 Å². The zero-order chi connectivity index (χ0) is 30.8. The van der Waals surface area contributed by atoms with Crippen LogP contribution in [0.1, 0.15) is 49.2 Å². The Morgan fingerprint density at radius 2 is 1.81 bits per heavy atom. The number of aromatic nitrogens is 3. The van der Waals surface area contributed by atoms with Crippen molar-refractivity contribution < 1.29 is 24.2 Å². The second-order valence-corrected chi connectivity index (χ2v) is 11.0. The number of benzene rings is 1. The highest BCUT2D eigenvalue weighted by atomic mass is 19.1. The number of aliphatic hydroxyl groups is 1. The summed E-state index contributed by atoms with van der Waals surface area (Å²) in [5, 5.41) is 38.6. The first-order valence-corrected chi connectivity index (χ1v) is 13.1. The monoisotopic (exact) mass is 573 g/mol. The molecule has 0 saturated heterocycles. The van der Waals surface area contributed by atoms with E-state index in [0.29, 0.717) is 33.8 Å². The largest absolute Gasteiger partial charge is 0.465 e. The molecule has 4 rings (SSSR count). The molecule has 0 bridgehead atoms. The zero-order valence-corrected chi connectivity index (χ0v) is 23.9. The van der Waals surface area contributed by atoms with Gasteiger partial charge >= 0.3 is 6.09 Å². The van der Waals surface area contributed by atoms with Crippen LogP contribution in [0.15, 0.2) is 60.9 Å². The van der Waals surface area contributed by atoms with Gasteiger partial charge in [0.1, 0.15) is 12.2 Å². The number of carbonyl (C=O) groups is 2. The van der Waals surface area contributed by atoms with Gasteiger partial charge in [0.2, 0.25) is 0 Å². The fourth-order valence-electron chi connectivity index (χ4n) is 4.21. The van der Waals surface area contributed by atoms with Crippen LogP contribution < -0.4 is 10.6 Å². The average molecular weight is 574 g/mol. The molecule has 11 nitrogen and oxygen atoms in total. The van der Waals surface area contributed by atoms with Crippen LogP contribution in [0.2, 0.25) is 0 Å². The molecule has 0 aliphatic carbocycles. The van der Waals surface area contributed by atoms with Gasteiger partial charge in [-0.05, 0) is 69.7 Å². The number of anilines is 2. The van der Waals surface area contributed by atoms with Crippen LogP contribution >= 0.6 is 0 Å². The molecule has 3 aromatic heterocycles. The molecule has 0 aliphatic heterocycles. The van der Waals surface area contributed by atoms with Gasteiger partial charge in [0.25, 0.3) is 5.91 Å². The second-order valence-electron chi connectivity index (χ2n) is 11.0. The maximum Gasteiger partial charge on any atom is 0.407 e. The van der Waals surface area contributed by atoms with Crippen LogP contribution in [0.25, 0.3) is 16.9 Å². The molecule has 42 heavy (non-hydrogen) atoms. The standard InChI is InChI=1S/C30H32FN7O4/c1-29(2,37(5)28(40)41)19-6-8-20(9-7-19)36-23-13-24(25-11-10-21-12-18(14-32)15-35-38(21)25)33-16-22(23)27(39)34-17-26(31)30(3,4)42/h6-13,15-16,26,42H,17H2,1-5H3,(H,33,36)(H,34,39)(H,40,41). The van der Waals surface area contributed by atoms with Crippen molar-refractivity contribution >= 4 is 28.9 Å². The normalized spacial score (nSPS) is 12.4. The van der Waals surface area contributed by atoms with Gasteiger partial charge in [0.05, 0.1) is 57.6 Å². The SMILES string of the molecule is CN(C(=O)O)C(C)(C)c1ccc(Nc2cc(-c3ccc4cc(C#N)cnn34)ncc2C(=O)NCC(F)C(C)(C)O)cc1. The molecule has 0 saturated carbocycles. The summed E-state index contributed by atoms with van der Waals surface area (Å²) in [6, 6.07) is 16.1. The first kappa shape index (κ1) is 30.0. The molecule has 12 heteroatoms. The first-order chi connectivity index (χ1) is 19.7. The topological polar surface area (TPSA) is 156 Å². The van der Waals surface area contributed by atoms with Crippen molar-refractivity contribution in [2.24, 2.45) is 0 Å². The molecule has 0 fully saturated rings. The molecule has 218 valence electrons. The summed E-state index contributed by atoms with van der Waals surface area (Å²) in [6.45, 7) is 5.83. The third-order valence-electron chi connectivity index (χ3n) is 7.24. The highest BCUT2D eigenvalue weighted by Crippen LogP contribution is 2.31. The van der Waals surface area contributed by atoms with Gasteiger partial charge in [-0.25, -0.2) is 13.7 Å². The number of nitrogens with zero attached hydrogens (tertiary/aromatic N) is 5. The molecule has 2 amide bonds. The maximum absolute atomic E-state index is 14.4. The summed E-state index contributed by atoms with van der Waals surface area (Å²) in [7, 11) is 1.50. The van der Waals surface area contributed by atoms with E-state index in [0.717, 1.165) is 5.56 Å². The molecule has 4 N–H and O–H groups in total. The number of nitriles is 1. The Labute approximate surface area is 242 Å². The summed E-state index contributed by atoms with van der Waals surface area (Å²) < 4.78 is 16.0. The van der Waals surface area contributed by atoms with Crippen LogP contribution in [0.5, 0.6) is 0 Å². The Hall–Kier alpha value is -5.02.